The van der Waals surface area contributed by atoms with Gasteiger partial charge in [0.25, 0.3) is 11.8 Å². The van der Waals surface area contributed by atoms with E-state index in [4.69, 9.17) is 4.42 Å². The van der Waals surface area contributed by atoms with Crippen molar-refractivity contribution in [1.29, 1.82) is 0 Å². The fourth-order valence-corrected chi connectivity index (χ4v) is 4.28. The fraction of sp³-hybridized carbons (Fsp3) is 0.0909. The number of carbonyl (C=O) groups is 2. The topological polar surface area (TPSA) is 71.3 Å². The summed E-state index contributed by atoms with van der Waals surface area (Å²) in [6.45, 7) is 3.30. The number of anilines is 2. The van der Waals surface area contributed by atoms with Gasteiger partial charge in [0.05, 0.1) is 22.4 Å². The van der Waals surface area contributed by atoms with Crippen LogP contribution in [0.25, 0.3) is 10.1 Å². The predicted octanol–water partition coefficient (Wildman–Crippen LogP) is 5.89. The van der Waals surface area contributed by atoms with Gasteiger partial charge in [0, 0.05) is 15.8 Å². The zero-order valence-corrected chi connectivity index (χ0v) is 16.8. The van der Waals surface area contributed by atoms with Gasteiger partial charge in [-0.3, -0.25) is 9.59 Å². The maximum Gasteiger partial charge on any atom is 0.266 e. The van der Waals surface area contributed by atoms with Crippen molar-refractivity contribution in [3.05, 3.63) is 82.1 Å². The Balaban J connectivity index is 1.58. The molecule has 0 bridgehead atoms. The molecular formula is C22H16F2N2O3S. The summed E-state index contributed by atoms with van der Waals surface area (Å²) >= 11 is 1.18. The minimum absolute atomic E-state index is 0.0856. The van der Waals surface area contributed by atoms with Gasteiger partial charge < -0.3 is 15.1 Å². The van der Waals surface area contributed by atoms with Crippen molar-refractivity contribution in [2.24, 2.45) is 0 Å². The van der Waals surface area contributed by atoms with Crippen LogP contribution in [0.1, 0.15) is 31.4 Å². The Morgan fingerprint density at radius 2 is 1.77 bits per heavy atom. The summed E-state index contributed by atoms with van der Waals surface area (Å²) in [6.07, 6.45) is 1.37. The maximum absolute atomic E-state index is 14.2. The van der Waals surface area contributed by atoms with Gasteiger partial charge in [-0.05, 0) is 55.8 Å². The lowest BCUT2D eigenvalue weighted by Crippen LogP contribution is -2.15. The van der Waals surface area contributed by atoms with E-state index in [1.807, 2.05) is 0 Å². The third kappa shape index (κ3) is 3.57. The molecule has 4 aromatic rings. The van der Waals surface area contributed by atoms with E-state index in [0.717, 1.165) is 6.07 Å². The summed E-state index contributed by atoms with van der Waals surface area (Å²) in [5.74, 6) is -1.60. The lowest BCUT2D eigenvalue weighted by Gasteiger charge is -2.10. The van der Waals surface area contributed by atoms with Crippen LogP contribution in [0.5, 0.6) is 0 Å². The first-order valence-electron chi connectivity index (χ1n) is 8.99. The molecule has 0 atom stereocenters. The van der Waals surface area contributed by atoms with Gasteiger partial charge in [0.15, 0.2) is 0 Å². The van der Waals surface area contributed by atoms with E-state index in [0.29, 0.717) is 26.3 Å². The van der Waals surface area contributed by atoms with Crippen LogP contribution >= 0.6 is 11.3 Å². The second-order valence-corrected chi connectivity index (χ2v) is 7.71. The monoisotopic (exact) mass is 426 g/mol. The molecule has 152 valence electrons. The molecular weight excluding hydrogens is 410 g/mol. The highest BCUT2D eigenvalue weighted by Crippen LogP contribution is 2.33. The average Bonchev–Trinajstić information content (AvgIpc) is 3.28. The molecule has 2 amide bonds. The van der Waals surface area contributed by atoms with Gasteiger partial charge in [-0.1, -0.05) is 6.07 Å². The Kier molecular flexibility index (Phi) is 5.09. The molecule has 0 unspecified atom stereocenters. The zero-order chi connectivity index (χ0) is 21.4. The number of hydrogen-bond acceptors (Lipinski definition) is 4. The quantitative estimate of drug-likeness (QED) is 0.427. The summed E-state index contributed by atoms with van der Waals surface area (Å²) in [7, 11) is 0. The van der Waals surface area contributed by atoms with E-state index in [1.165, 1.54) is 41.9 Å². The molecule has 0 saturated heterocycles. The number of rotatable bonds is 4. The van der Waals surface area contributed by atoms with Crippen LogP contribution < -0.4 is 10.6 Å². The highest BCUT2D eigenvalue weighted by Gasteiger charge is 2.19. The lowest BCUT2D eigenvalue weighted by atomic mass is 10.1. The Labute approximate surface area is 174 Å². The smallest absolute Gasteiger partial charge is 0.266 e. The van der Waals surface area contributed by atoms with Gasteiger partial charge in [0.2, 0.25) is 0 Å². The molecule has 2 heterocycles. The third-order valence-corrected chi connectivity index (χ3v) is 5.94. The van der Waals surface area contributed by atoms with E-state index in [2.05, 4.69) is 10.6 Å². The summed E-state index contributed by atoms with van der Waals surface area (Å²) in [6, 6.07) is 10.0. The largest absolute Gasteiger partial charge is 0.469 e. The van der Waals surface area contributed by atoms with Crippen molar-refractivity contribution in [3.8, 4) is 0 Å². The number of amides is 2. The second kappa shape index (κ2) is 7.72. The van der Waals surface area contributed by atoms with Crippen molar-refractivity contribution < 1.29 is 22.8 Å². The predicted molar refractivity (Wildman–Crippen MR) is 112 cm³/mol. The normalized spacial score (nSPS) is 10.9. The SMILES string of the molecule is Cc1occc1C(=O)Nc1cc(NC(=O)c2sc3cccc(F)c3c2C)ccc1F. The van der Waals surface area contributed by atoms with Crippen LogP contribution in [0.15, 0.2) is 53.1 Å². The van der Waals surface area contributed by atoms with Gasteiger partial charge in [-0.2, -0.15) is 0 Å². The molecule has 0 aliphatic rings. The van der Waals surface area contributed by atoms with E-state index in [1.54, 1.807) is 26.0 Å². The number of carbonyl (C=O) groups excluding carboxylic acids is 2. The summed E-state index contributed by atoms with van der Waals surface area (Å²) in [4.78, 5) is 25.4. The number of nitrogens with one attached hydrogen (secondary N) is 2. The van der Waals surface area contributed by atoms with E-state index < -0.39 is 17.6 Å². The van der Waals surface area contributed by atoms with E-state index >= 15 is 0 Å². The zero-order valence-electron chi connectivity index (χ0n) is 16.0. The number of hydrogen-bond donors (Lipinski definition) is 2. The molecule has 8 heteroatoms. The molecule has 5 nitrogen and oxygen atoms in total. The molecule has 2 aromatic heterocycles. The van der Waals surface area contributed by atoms with E-state index in [-0.39, 0.29) is 22.8 Å². The first-order valence-corrected chi connectivity index (χ1v) is 9.80. The molecule has 0 aliphatic carbocycles. The van der Waals surface area contributed by atoms with Crippen LogP contribution in [0.4, 0.5) is 20.2 Å². The van der Waals surface area contributed by atoms with Crippen molar-refractivity contribution in [1.82, 2.24) is 0 Å². The Hall–Kier alpha value is -3.52. The molecule has 2 aromatic carbocycles. The van der Waals surface area contributed by atoms with Crippen molar-refractivity contribution >= 4 is 44.6 Å². The van der Waals surface area contributed by atoms with Crippen LogP contribution in [-0.4, -0.2) is 11.8 Å². The molecule has 2 N–H and O–H groups in total. The summed E-state index contributed by atoms with van der Waals surface area (Å²) < 4.78 is 34.0. The van der Waals surface area contributed by atoms with Crippen molar-refractivity contribution in [3.63, 3.8) is 0 Å². The first-order chi connectivity index (χ1) is 14.3. The van der Waals surface area contributed by atoms with Gasteiger partial charge in [-0.15, -0.1) is 11.3 Å². The molecule has 30 heavy (non-hydrogen) atoms. The summed E-state index contributed by atoms with van der Waals surface area (Å²) in [5, 5.41) is 5.57. The molecule has 0 radical (unpaired) electrons. The van der Waals surface area contributed by atoms with E-state index in [9.17, 15) is 18.4 Å². The fourth-order valence-electron chi connectivity index (χ4n) is 3.17. The number of aryl methyl sites for hydroxylation is 2. The third-order valence-electron chi connectivity index (χ3n) is 4.69. The van der Waals surface area contributed by atoms with Crippen LogP contribution in [0.3, 0.4) is 0 Å². The maximum atomic E-state index is 14.2. The number of halogens is 2. The minimum Gasteiger partial charge on any atom is -0.469 e. The lowest BCUT2D eigenvalue weighted by molar-refractivity contribution is 0.101. The standard InChI is InChI=1S/C22H16F2N2O3S/c1-11-19-16(24)4-3-5-18(19)30-20(11)22(28)25-13-6-7-15(23)17(10-13)26-21(27)14-8-9-29-12(14)2/h3-10H,1-2H3,(H,25,28)(H,26,27). The number of thiophene rings is 1. The Morgan fingerprint density at radius 3 is 2.47 bits per heavy atom. The molecule has 0 saturated carbocycles. The molecule has 0 fully saturated rings. The highest BCUT2D eigenvalue weighted by molar-refractivity contribution is 7.21. The number of furan rings is 1. The highest BCUT2D eigenvalue weighted by atomic mass is 32.1. The van der Waals surface area contributed by atoms with Crippen molar-refractivity contribution in [2.75, 3.05) is 10.6 Å². The minimum atomic E-state index is -0.650. The first kappa shape index (κ1) is 19.8. The van der Waals surface area contributed by atoms with Gasteiger partial charge >= 0.3 is 0 Å². The van der Waals surface area contributed by atoms with Crippen LogP contribution in [0.2, 0.25) is 0 Å². The second-order valence-electron chi connectivity index (χ2n) is 6.66. The number of benzene rings is 2. The van der Waals surface area contributed by atoms with Gasteiger partial charge in [0.1, 0.15) is 17.4 Å². The number of fused-ring (bicyclic) bond motifs is 1. The molecule has 4 rings (SSSR count). The molecule has 0 spiro atoms. The Morgan fingerprint density at radius 1 is 0.967 bits per heavy atom. The average molecular weight is 426 g/mol. The van der Waals surface area contributed by atoms with Crippen LogP contribution in [0, 0.1) is 25.5 Å². The Bertz CT molecular complexity index is 1290. The molecule has 0 aliphatic heterocycles. The van der Waals surface area contributed by atoms with Crippen LogP contribution in [-0.2, 0) is 0 Å². The summed E-state index contributed by atoms with van der Waals surface area (Å²) in [5.41, 5.74) is 1.03. The van der Waals surface area contributed by atoms with Gasteiger partial charge in [-0.25, -0.2) is 8.78 Å². The van der Waals surface area contributed by atoms with Crippen molar-refractivity contribution in [2.45, 2.75) is 13.8 Å².